The maximum Gasteiger partial charge on any atom is 0.222 e. The normalized spacial score (nSPS) is 10.1. The van der Waals surface area contributed by atoms with Crippen LogP contribution in [0.15, 0.2) is 30.3 Å². The minimum absolute atomic E-state index is 0.496. The highest BCUT2D eigenvalue weighted by Crippen LogP contribution is 2.28. The van der Waals surface area contributed by atoms with Crippen LogP contribution in [0.1, 0.15) is 9.67 Å². The maximum atomic E-state index is 10.9. The Morgan fingerprint density at radius 1 is 1.38 bits per heavy atom. The molecule has 0 aliphatic carbocycles. The van der Waals surface area contributed by atoms with E-state index in [1.807, 2.05) is 30.3 Å². The molecule has 82 valence electrons. The molecule has 0 radical (unpaired) electrons. The average Bonchev–Trinajstić information content (AvgIpc) is 2.58. The maximum absolute atomic E-state index is 10.9. The number of nitrogens with zero attached hydrogens (tertiary/aromatic N) is 1. The van der Waals surface area contributed by atoms with E-state index in [1.54, 1.807) is 11.6 Å². The summed E-state index contributed by atoms with van der Waals surface area (Å²) < 4.78 is 7.94. The first-order chi connectivity index (χ1) is 7.72. The van der Waals surface area contributed by atoms with Gasteiger partial charge in [-0.1, -0.05) is 29.5 Å². The Hall–Kier alpha value is -1.46. The zero-order valence-corrected chi connectivity index (χ0v) is 10.2. The van der Waals surface area contributed by atoms with E-state index in [-0.39, 0.29) is 0 Å². The summed E-state index contributed by atoms with van der Waals surface area (Å²) >= 11 is 6.33. The molecule has 1 heterocycles. The number of aromatic nitrogens is 1. The lowest BCUT2D eigenvalue weighted by molar-refractivity contribution is 0.112. The highest BCUT2D eigenvalue weighted by atomic mass is 32.1. The molecule has 2 rings (SSSR count). The zero-order chi connectivity index (χ0) is 11.5. The number of benzene rings is 1. The molecular weight excluding hydrogens is 242 g/mol. The number of rotatable bonds is 3. The van der Waals surface area contributed by atoms with Gasteiger partial charge in [0.25, 0.3) is 0 Å². The summed E-state index contributed by atoms with van der Waals surface area (Å²) in [7, 11) is 1.78. The quantitative estimate of drug-likeness (QED) is 0.618. The molecule has 0 unspecified atom stereocenters. The molecule has 5 heteroatoms. The van der Waals surface area contributed by atoms with E-state index in [2.05, 4.69) is 0 Å². The van der Waals surface area contributed by atoms with Crippen LogP contribution in [0.3, 0.4) is 0 Å². The second-order valence-electron chi connectivity index (χ2n) is 3.13. The summed E-state index contributed by atoms with van der Waals surface area (Å²) in [6.07, 6.45) is 0.763. The van der Waals surface area contributed by atoms with Gasteiger partial charge >= 0.3 is 0 Å². The molecule has 0 bridgehead atoms. The van der Waals surface area contributed by atoms with E-state index in [0.29, 0.717) is 20.5 Å². The molecule has 0 fully saturated rings. The van der Waals surface area contributed by atoms with Crippen LogP contribution in [0.25, 0.3) is 0 Å². The van der Waals surface area contributed by atoms with E-state index in [4.69, 9.17) is 17.0 Å². The largest absolute Gasteiger partial charge is 0.439 e. The molecule has 2 aromatic rings. The molecule has 16 heavy (non-hydrogen) atoms. The van der Waals surface area contributed by atoms with Gasteiger partial charge in [-0.3, -0.25) is 9.36 Å². The molecule has 0 saturated heterocycles. The Labute approximate surface area is 102 Å². The fourth-order valence-electron chi connectivity index (χ4n) is 1.25. The lowest BCUT2D eigenvalue weighted by Crippen LogP contribution is -1.95. The van der Waals surface area contributed by atoms with Crippen LogP contribution < -0.4 is 4.74 Å². The molecule has 0 saturated carbocycles. The van der Waals surface area contributed by atoms with Gasteiger partial charge in [-0.2, -0.15) is 0 Å². The van der Waals surface area contributed by atoms with Gasteiger partial charge < -0.3 is 4.74 Å². The summed E-state index contributed by atoms with van der Waals surface area (Å²) in [6.45, 7) is 0. The SMILES string of the molecule is Cn1c(Oc2ccccc2)c(C=O)sc1=S. The van der Waals surface area contributed by atoms with E-state index in [9.17, 15) is 4.79 Å². The van der Waals surface area contributed by atoms with Crippen molar-refractivity contribution in [2.24, 2.45) is 7.05 Å². The van der Waals surface area contributed by atoms with Crippen LogP contribution >= 0.6 is 23.6 Å². The smallest absolute Gasteiger partial charge is 0.222 e. The average molecular weight is 251 g/mol. The van der Waals surface area contributed by atoms with E-state index < -0.39 is 0 Å². The van der Waals surface area contributed by atoms with Crippen molar-refractivity contribution in [2.75, 3.05) is 0 Å². The van der Waals surface area contributed by atoms with Crippen molar-refractivity contribution >= 4 is 29.8 Å². The van der Waals surface area contributed by atoms with Crippen molar-refractivity contribution in [3.63, 3.8) is 0 Å². The third kappa shape index (κ3) is 2.05. The van der Waals surface area contributed by atoms with Crippen molar-refractivity contribution in [1.82, 2.24) is 4.57 Å². The van der Waals surface area contributed by atoms with Gasteiger partial charge in [0.05, 0.1) is 0 Å². The number of carbonyl (C=O) groups is 1. The van der Waals surface area contributed by atoms with Gasteiger partial charge in [-0.05, 0) is 24.4 Å². The third-order valence-corrected chi connectivity index (χ3v) is 3.51. The zero-order valence-electron chi connectivity index (χ0n) is 8.54. The van der Waals surface area contributed by atoms with Crippen LogP contribution in [0.4, 0.5) is 0 Å². The molecule has 1 aromatic heterocycles. The van der Waals surface area contributed by atoms with Gasteiger partial charge in [0.15, 0.2) is 10.2 Å². The van der Waals surface area contributed by atoms with Crippen LogP contribution in [-0.2, 0) is 7.05 Å². The highest BCUT2D eigenvalue weighted by Gasteiger charge is 2.11. The second-order valence-corrected chi connectivity index (χ2v) is 4.81. The Morgan fingerprint density at radius 3 is 2.69 bits per heavy atom. The van der Waals surface area contributed by atoms with Crippen molar-refractivity contribution in [3.8, 4) is 11.6 Å². The number of carbonyl (C=O) groups excluding carboxylic acids is 1. The van der Waals surface area contributed by atoms with E-state index >= 15 is 0 Å². The molecule has 0 aliphatic rings. The lowest BCUT2D eigenvalue weighted by Gasteiger charge is -2.06. The van der Waals surface area contributed by atoms with Crippen LogP contribution in [-0.4, -0.2) is 10.9 Å². The van der Waals surface area contributed by atoms with Gasteiger partial charge in [-0.25, -0.2) is 0 Å². The molecule has 0 amide bonds. The predicted octanol–water partition coefficient (Wildman–Crippen LogP) is 3.42. The molecule has 0 spiro atoms. The fraction of sp³-hybridized carbons (Fsp3) is 0.0909. The van der Waals surface area contributed by atoms with Gasteiger partial charge in [0.1, 0.15) is 10.6 Å². The van der Waals surface area contributed by atoms with Crippen molar-refractivity contribution in [3.05, 3.63) is 39.2 Å². The first-order valence-corrected chi connectivity index (χ1v) is 5.82. The monoisotopic (exact) mass is 251 g/mol. The summed E-state index contributed by atoms with van der Waals surface area (Å²) in [5, 5.41) is 0. The van der Waals surface area contributed by atoms with Crippen molar-refractivity contribution in [1.29, 1.82) is 0 Å². The minimum atomic E-state index is 0.496. The van der Waals surface area contributed by atoms with E-state index in [0.717, 1.165) is 6.29 Å². The number of ether oxygens (including phenoxy) is 1. The molecule has 3 nitrogen and oxygen atoms in total. The van der Waals surface area contributed by atoms with Gasteiger partial charge in [-0.15, -0.1) is 0 Å². The first kappa shape index (κ1) is 11.0. The summed E-state index contributed by atoms with van der Waals surface area (Å²) in [4.78, 5) is 11.4. The number of aldehydes is 1. The highest BCUT2D eigenvalue weighted by molar-refractivity contribution is 7.73. The number of para-hydroxylation sites is 1. The van der Waals surface area contributed by atoms with Crippen LogP contribution in [0.2, 0.25) is 0 Å². The number of hydrogen-bond donors (Lipinski definition) is 0. The Balaban J connectivity index is 2.42. The first-order valence-electron chi connectivity index (χ1n) is 4.60. The Bertz CT molecular complexity index is 557. The van der Waals surface area contributed by atoms with Crippen molar-refractivity contribution in [2.45, 2.75) is 0 Å². The van der Waals surface area contributed by atoms with Crippen LogP contribution in [0.5, 0.6) is 11.6 Å². The Kier molecular flexibility index (Phi) is 3.17. The summed E-state index contributed by atoms with van der Waals surface area (Å²) in [5.74, 6) is 1.19. The van der Waals surface area contributed by atoms with Crippen molar-refractivity contribution < 1.29 is 9.53 Å². The number of hydrogen-bond acceptors (Lipinski definition) is 4. The molecule has 0 N–H and O–H groups in total. The molecule has 1 aromatic carbocycles. The topological polar surface area (TPSA) is 31.2 Å². The molecular formula is C11H9NO2S2. The fourth-order valence-corrected chi connectivity index (χ4v) is 2.32. The second kappa shape index (κ2) is 4.59. The standard InChI is InChI=1S/C11H9NO2S2/c1-12-10(9(7-13)16-11(12)15)14-8-5-3-2-4-6-8/h2-7H,1H3. The Morgan fingerprint density at radius 2 is 2.06 bits per heavy atom. The summed E-state index contributed by atoms with van der Waals surface area (Å²) in [6, 6.07) is 9.30. The lowest BCUT2D eigenvalue weighted by atomic mass is 10.3. The predicted molar refractivity (Wildman–Crippen MR) is 66.0 cm³/mol. The summed E-state index contributed by atoms with van der Waals surface area (Å²) in [5.41, 5.74) is 0. The number of thiazole rings is 1. The van der Waals surface area contributed by atoms with E-state index in [1.165, 1.54) is 11.3 Å². The van der Waals surface area contributed by atoms with Crippen LogP contribution in [0, 0.1) is 3.95 Å². The minimum Gasteiger partial charge on any atom is -0.439 e. The molecule has 0 atom stereocenters. The third-order valence-electron chi connectivity index (χ3n) is 2.05. The van der Waals surface area contributed by atoms with Gasteiger partial charge in [0.2, 0.25) is 5.88 Å². The molecule has 0 aliphatic heterocycles. The van der Waals surface area contributed by atoms with Gasteiger partial charge in [0, 0.05) is 7.05 Å².